The second-order valence-electron chi connectivity index (χ2n) is 8.57. The van der Waals surface area contributed by atoms with Gasteiger partial charge in [0, 0.05) is 32.1 Å². The van der Waals surface area contributed by atoms with E-state index in [1.54, 1.807) is 0 Å². The summed E-state index contributed by atoms with van der Waals surface area (Å²) in [5, 5.41) is 3.25. The minimum atomic E-state index is -0.597. The van der Waals surface area contributed by atoms with Crippen molar-refractivity contribution in [2.75, 3.05) is 33.2 Å². The van der Waals surface area contributed by atoms with Crippen molar-refractivity contribution in [2.45, 2.75) is 56.9 Å². The van der Waals surface area contributed by atoms with Crippen LogP contribution in [0.2, 0.25) is 0 Å². The quantitative estimate of drug-likeness (QED) is 0.851. The number of nitrogens with one attached hydrogen (secondary N) is 1. The van der Waals surface area contributed by atoms with Gasteiger partial charge in [0.2, 0.25) is 11.8 Å². The number of hydrogen-bond acceptors (Lipinski definition) is 3. The molecule has 1 saturated heterocycles. The first-order valence-electron chi connectivity index (χ1n) is 9.89. The number of likely N-dealkylation sites (N-methyl/N-ethyl adjacent to an activating group) is 1. The molecule has 5 heteroatoms. The summed E-state index contributed by atoms with van der Waals surface area (Å²) in [5.41, 5.74) is -0.597. The standard InChI is InChI=1S/C19H31N3O2/c1-21-9-11-22(12-10-21)18(24)19(7-2-3-8-19)20-17(23)16-13-15(16)14-5-4-6-14/h14-16H,2-13H2,1H3,(H,20,23)/t15-,16-/m1/s1. The number of hydrogen-bond donors (Lipinski definition) is 1. The number of amides is 2. The van der Waals surface area contributed by atoms with E-state index >= 15 is 0 Å². The van der Waals surface area contributed by atoms with Crippen molar-refractivity contribution < 1.29 is 9.59 Å². The van der Waals surface area contributed by atoms with Crippen LogP contribution in [0.5, 0.6) is 0 Å². The Bertz CT molecular complexity index is 503. The molecule has 4 rings (SSSR count). The van der Waals surface area contributed by atoms with Crippen molar-refractivity contribution in [1.29, 1.82) is 0 Å². The molecule has 0 spiro atoms. The molecule has 1 heterocycles. The van der Waals surface area contributed by atoms with E-state index in [0.717, 1.165) is 64.2 Å². The molecule has 0 radical (unpaired) electrons. The van der Waals surface area contributed by atoms with Gasteiger partial charge in [-0.05, 0) is 38.1 Å². The lowest BCUT2D eigenvalue weighted by Gasteiger charge is -2.39. The maximum Gasteiger partial charge on any atom is 0.248 e. The molecule has 3 aliphatic carbocycles. The Labute approximate surface area is 145 Å². The number of carbonyl (C=O) groups is 2. The fourth-order valence-electron chi connectivity index (χ4n) is 4.92. The first-order valence-corrected chi connectivity index (χ1v) is 9.89. The zero-order valence-corrected chi connectivity index (χ0v) is 14.9. The van der Waals surface area contributed by atoms with Crippen LogP contribution >= 0.6 is 0 Å². The molecule has 0 aromatic rings. The summed E-state index contributed by atoms with van der Waals surface area (Å²) in [5.74, 6) is 1.93. The molecule has 24 heavy (non-hydrogen) atoms. The van der Waals surface area contributed by atoms with E-state index in [1.807, 2.05) is 4.90 Å². The van der Waals surface area contributed by atoms with Crippen LogP contribution in [0.25, 0.3) is 0 Å². The van der Waals surface area contributed by atoms with Crippen molar-refractivity contribution in [3.05, 3.63) is 0 Å². The molecule has 0 aromatic carbocycles. The second-order valence-corrected chi connectivity index (χ2v) is 8.57. The van der Waals surface area contributed by atoms with Gasteiger partial charge in [-0.25, -0.2) is 0 Å². The number of nitrogens with zero attached hydrogens (tertiary/aromatic N) is 2. The summed E-state index contributed by atoms with van der Waals surface area (Å²) in [6.45, 7) is 3.45. The van der Waals surface area contributed by atoms with Gasteiger partial charge in [-0.2, -0.15) is 0 Å². The van der Waals surface area contributed by atoms with Crippen molar-refractivity contribution in [3.63, 3.8) is 0 Å². The molecule has 0 aromatic heterocycles. The monoisotopic (exact) mass is 333 g/mol. The Kier molecular flexibility index (Phi) is 4.31. The molecule has 0 bridgehead atoms. The lowest BCUT2D eigenvalue weighted by Crippen LogP contribution is -2.61. The molecule has 5 nitrogen and oxygen atoms in total. The van der Waals surface area contributed by atoms with Gasteiger partial charge in [0.25, 0.3) is 0 Å². The van der Waals surface area contributed by atoms with Gasteiger partial charge >= 0.3 is 0 Å². The highest BCUT2D eigenvalue weighted by Crippen LogP contribution is 2.52. The summed E-state index contributed by atoms with van der Waals surface area (Å²) in [4.78, 5) is 30.2. The van der Waals surface area contributed by atoms with Crippen molar-refractivity contribution >= 4 is 11.8 Å². The maximum atomic E-state index is 13.2. The number of piperazine rings is 1. The lowest BCUT2D eigenvalue weighted by molar-refractivity contribution is -0.143. The molecular formula is C19H31N3O2. The molecule has 1 aliphatic heterocycles. The molecule has 4 aliphatic rings. The fraction of sp³-hybridized carbons (Fsp3) is 0.895. The first-order chi connectivity index (χ1) is 11.6. The summed E-state index contributed by atoms with van der Waals surface area (Å²) < 4.78 is 0. The second kappa shape index (κ2) is 6.32. The van der Waals surface area contributed by atoms with Crippen molar-refractivity contribution in [3.8, 4) is 0 Å². The molecule has 0 unspecified atom stereocenters. The zero-order chi connectivity index (χ0) is 16.7. The Balaban J connectivity index is 1.39. The van der Waals surface area contributed by atoms with Crippen LogP contribution in [0.4, 0.5) is 0 Å². The average molecular weight is 333 g/mol. The van der Waals surface area contributed by atoms with E-state index in [0.29, 0.717) is 5.92 Å². The summed E-state index contributed by atoms with van der Waals surface area (Å²) in [7, 11) is 2.10. The van der Waals surface area contributed by atoms with Crippen molar-refractivity contribution in [1.82, 2.24) is 15.1 Å². The van der Waals surface area contributed by atoms with E-state index in [2.05, 4.69) is 17.3 Å². The van der Waals surface area contributed by atoms with Crippen LogP contribution in [-0.2, 0) is 9.59 Å². The molecule has 1 N–H and O–H groups in total. The van der Waals surface area contributed by atoms with Crippen LogP contribution < -0.4 is 5.32 Å². The average Bonchev–Trinajstić information content (AvgIpc) is 3.15. The minimum Gasteiger partial charge on any atom is -0.341 e. The predicted octanol–water partition coefficient (Wildman–Crippen LogP) is 1.63. The largest absolute Gasteiger partial charge is 0.341 e. The van der Waals surface area contributed by atoms with Crippen LogP contribution in [0, 0.1) is 17.8 Å². The summed E-state index contributed by atoms with van der Waals surface area (Å²) >= 11 is 0. The zero-order valence-electron chi connectivity index (χ0n) is 14.9. The van der Waals surface area contributed by atoms with E-state index in [9.17, 15) is 9.59 Å². The molecule has 2 amide bonds. The highest BCUT2D eigenvalue weighted by molar-refractivity contribution is 5.93. The number of carbonyl (C=O) groups excluding carboxylic acids is 2. The van der Waals surface area contributed by atoms with E-state index in [4.69, 9.17) is 0 Å². The molecule has 134 valence electrons. The van der Waals surface area contributed by atoms with E-state index < -0.39 is 5.54 Å². The fourth-order valence-corrected chi connectivity index (χ4v) is 4.92. The Morgan fingerprint density at radius 2 is 1.67 bits per heavy atom. The SMILES string of the molecule is CN1CCN(C(=O)C2(NC(=O)[C@@H]3C[C@@H]3C3CCC3)CCCC2)CC1. The molecule has 3 saturated carbocycles. The van der Waals surface area contributed by atoms with E-state index in [1.165, 1.54) is 19.3 Å². The normalized spacial score (nSPS) is 33.1. The molecule has 2 atom stereocenters. The lowest BCUT2D eigenvalue weighted by atomic mass is 9.81. The van der Waals surface area contributed by atoms with Gasteiger partial charge in [-0.3, -0.25) is 9.59 Å². The summed E-state index contributed by atoms with van der Waals surface area (Å²) in [6, 6.07) is 0. The van der Waals surface area contributed by atoms with E-state index in [-0.39, 0.29) is 17.7 Å². The first kappa shape index (κ1) is 16.4. The van der Waals surface area contributed by atoms with Crippen LogP contribution in [0.1, 0.15) is 51.4 Å². The number of rotatable bonds is 4. The van der Waals surface area contributed by atoms with Gasteiger partial charge < -0.3 is 15.1 Å². The highest BCUT2D eigenvalue weighted by Gasteiger charge is 2.52. The van der Waals surface area contributed by atoms with Gasteiger partial charge in [-0.15, -0.1) is 0 Å². The maximum absolute atomic E-state index is 13.2. The van der Waals surface area contributed by atoms with Gasteiger partial charge in [0.1, 0.15) is 5.54 Å². The third-order valence-corrected chi connectivity index (χ3v) is 6.95. The topological polar surface area (TPSA) is 52.6 Å². The Morgan fingerprint density at radius 3 is 2.25 bits per heavy atom. The summed E-state index contributed by atoms with van der Waals surface area (Å²) in [6.07, 6.45) is 8.75. The van der Waals surface area contributed by atoms with Crippen LogP contribution in [-0.4, -0.2) is 60.4 Å². The smallest absolute Gasteiger partial charge is 0.248 e. The van der Waals surface area contributed by atoms with Crippen LogP contribution in [0.3, 0.4) is 0 Å². The van der Waals surface area contributed by atoms with Gasteiger partial charge in [0.15, 0.2) is 0 Å². The minimum absolute atomic E-state index is 0.163. The highest BCUT2D eigenvalue weighted by atomic mass is 16.2. The molecule has 4 fully saturated rings. The van der Waals surface area contributed by atoms with Gasteiger partial charge in [-0.1, -0.05) is 32.1 Å². The van der Waals surface area contributed by atoms with Crippen LogP contribution in [0.15, 0.2) is 0 Å². The Hall–Kier alpha value is -1.10. The third-order valence-electron chi connectivity index (χ3n) is 6.95. The predicted molar refractivity (Wildman–Crippen MR) is 92.4 cm³/mol. The third kappa shape index (κ3) is 2.96. The Morgan fingerprint density at radius 1 is 1.00 bits per heavy atom. The molecular weight excluding hydrogens is 302 g/mol. The van der Waals surface area contributed by atoms with Gasteiger partial charge in [0.05, 0.1) is 0 Å². The van der Waals surface area contributed by atoms with Crippen molar-refractivity contribution in [2.24, 2.45) is 17.8 Å².